The SMILES string of the molecule is CCC1CCC(C(=O)c2csc3ccccc23)CC1. The number of hydrogen-bond acceptors (Lipinski definition) is 2. The summed E-state index contributed by atoms with van der Waals surface area (Å²) >= 11 is 1.69. The standard InChI is InChI=1S/C17H20OS/c1-2-12-7-9-13(10-8-12)17(18)15-11-19-16-6-4-3-5-14(15)16/h3-6,11-13H,2,7-10H2,1H3. The van der Waals surface area contributed by atoms with Gasteiger partial charge in [-0.1, -0.05) is 31.5 Å². The van der Waals surface area contributed by atoms with Crippen LogP contribution in [0, 0.1) is 11.8 Å². The zero-order valence-corrected chi connectivity index (χ0v) is 12.2. The van der Waals surface area contributed by atoms with E-state index in [0.717, 1.165) is 29.7 Å². The Balaban J connectivity index is 1.81. The number of Topliss-reactive ketones (excluding diaryl/α,β-unsaturated/α-hetero) is 1. The summed E-state index contributed by atoms with van der Waals surface area (Å²) in [6, 6.07) is 8.25. The number of carbonyl (C=O) groups excluding carboxylic acids is 1. The molecule has 2 heteroatoms. The van der Waals surface area contributed by atoms with Crippen molar-refractivity contribution in [3.63, 3.8) is 0 Å². The molecule has 2 aromatic rings. The van der Waals surface area contributed by atoms with Crippen LogP contribution in [0.1, 0.15) is 49.4 Å². The zero-order chi connectivity index (χ0) is 13.2. The van der Waals surface area contributed by atoms with E-state index in [1.165, 1.54) is 24.0 Å². The third-order valence-electron chi connectivity index (χ3n) is 4.54. The van der Waals surface area contributed by atoms with Gasteiger partial charge in [-0.25, -0.2) is 0 Å². The van der Waals surface area contributed by atoms with Crippen LogP contribution in [-0.2, 0) is 0 Å². The molecule has 0 spiro atoms. The van der Waals surface area contributed by atoms with E-state index in [1.54, 1.807) is 11.3 Å². The lowest BCUT2D eigenvalue weighted by Crippen LogP contribution is -2.21. The van der Waals surface area contributed by atoms with E-state index in [9.17, 15) is 4.79 Å². The van der Waals surface area contributed by atoms with Gasteiger partial charge in [0.1, 0.15) is 0 Å². The Labute approximate surface area is 118 Å². The Kier molecular flexibility index (Phi) is 3.69. The van der Waals surface area contributed by atoms with Crippen molar-refractivity contribution in [2.75, 3.05) is 0 Å². The van der Waals surface area contributed by atoms with Gasteiger partial charge in [-0.2, -0.15) is 0 Å². The smallest absolute Gasteiger partial charge is 0.167 e. The van der Waals surface area contributed by atoms with E-state index in [2.05, 4.69) is 24.4 Å². The van der Waals surface area contributed by atoms with Crippen LogP contribution < -0.4 is 0 Å². The highest BCUT2D eigenvalue weighted by Crippen LogP contribution is 2.35. The number of rotatable bonds is 3. The topological polar surface area (TPSA) is 17.1 Å². The van der Waals surface area contributed by atoms with E-state index < -0.39 is 0 Å². The molecule has 3 rings (SSSR count). The highest BCUT2D eigenvalue weighted by molar-refractivity contribution is 7.17. The van der Waals surface area contributed by atoms with Gasteiger partial charge in [-0.3, -0.25) is 4.79 Å². The van der Waals surface area contributed by atoms with Gasteiger partial charge < -0.3 is 0 Å². The molecule has 0 bridgehead atoms. The number of thiophene rings is 1. The summed E-state index contributed by atoms with van der Waals surface area (Å²) < 4.78 is 1.23. The second kappa shape index (κ2) is 5.46. The first-order valence-electron chi connectivity index (χ1n) is 7.30. The molecule has 1 heterocycles. The van der Waals surface area contributed by atoms with Crippen molar-refractivity contribution in [2.45, 2.75) is 39.0 Å². The van der Waals surface area contributed by atoms with Gasteiger partial charge in [0.25, 0.3) is 0 Å². The molecule has 1 aromatic heterocycles. The molecule has 19 heavy (non-hydrogen) atoms. The lowest BCUT2D eigenvalue weighted by atomic mass is 9.78. The first kappa shape index (κ1) is 12.9. The van der Waals surface area contributed by atoms with Crippen LogP contribution in [0.3, 0.4) is 0 Å². The van der Waals surface area contributed by atoms with Crippen LogP contribution in [0.5, 0.6) is 0 Å². The molecular weight excluding hydrogens is 252 g/mol. The van der Waals surface area contributed by atoms with Crippen molar-refractivity contribution in [1.29, 1.82) is 0 Å². The number of carbonyl (C=O) groups is 1. The molecular formula is C17H20OS. The highest BCUT2D eigenvalue weighted by atomic mass is 32.1. The summed E-state index contributed by atoms with van der Waals surface area (Å²) in [4.78, 5) is 12.7. The van der Waals surface area contributed by atoms with Gasteiger partial charge in [-0.05, 0) is 37.7 Å². The molecule has 1 aliphatic carbocycles. The third-order valence-corrected chi connectivity index (χ3v) is 5.50. The summed E-state index contributed by atoms with van der Waals surface area (Å²) in [7, 11) is 0. The Morgan fingerprint density at radius 2 is 1.95 bits per heavy atom. The van der Waals surface area contributed by atoms with Gasteiger partial charge in [0.05, 0.1) is 0 Å². The molecule has 1 nitrogen and oxygen atoms in total. The largest absolute Gasteiger partial charge is 0.294 e. The molecule has 0 N–H and O–H groups in total. The molecule has 1 aromatic carbocycles. The maximum atomic E-state index is 12.7. The average molecular weight is 272 g/mol. The number of benzene rings is 1. The van der Waals surface area contributed by atoms with Crippen LogP contribution in [0.25, 0.3) is 10.1 Å². The quantitative estimate of drug-likeness (QED) is 0.693. The molecule has 0 amide bonds. The predicted octanol–water partition coefficient (Wildman–Crippen LogP) is 5.30. The fourth-order valence-electron chi connectivity index (χ4n) is 3.22. The third kappa shape index (κ3) is 2.46. The minimum Gasteiger partial charge on any atom is -0.294 e. The Morgan fingerprint density at radius 1 is 1.21 bits per heavy atom. The maximum Gasteiger partial charge on any atom is 0.167 e. The highest BCUT2D eigenvalue weighted by Gasteiger charge is 2.27. The van der Waals surface area contributed by atoms with Gasteiger partial charge in [0.15, 0.2) is 5.78 Å². The van der Waals surface area contributed by atoms with Crippen molar-refractivity contribution >= 4 is 27.2 Å². The van der Waals surface area contributed by atoms with Crippen molar-refractivity contribution in [3.05, 3.63) is 35.2 Å². The lowest BCUT2D eigenvalue weighted by Gasteiger charge is -2.26. The minimum absolute atomic E-state index is 0.265. The Hall–Kier alpha value is -1.15. The molecule has 1 fully saturated rings. The first-order valence-corrected chi connectivity index (χ1v) is 8.18. The van der Waals surface area contributed by atoms with Crippen molar-refractivity contribution in [3.8, 4) is 0 Å². The van der Waals surface area contributed by atoms with E-state index in [0.29, 0.717) is 5.78 Å². The monoisotopic (exact) mass is 272 g/mol. The van der Waals surface area contributed by atoms with Crippen LogP contribution in [0.4, 0.5) is 0 Å². The normalized spacial score (nSPS) is 23.6. The predicted molar refractivity (Wildman–Crippen MR) is 81.9 cm³/mol. The summed E-state index contributed by atoms with van der Waals surface area (Å²) in [6.45, 7) is 2.26. The van der Waals surface area contributed by atoms with Crippen LogP contribution in [0.15, 0.2) is 29.6 Å². The second-order valence-corrected chi connectivity index (χ2v) is 6.55. The van der Waals surface area contributed by atoms with Crippen molar-refractivity contribution in [1.82, 2.24) is 0 Å². The van der Waals surface area contributed by atoms with Gasteiger partial charge in [0.2, 0.25) is 0 Å². The number of fused-ring (bicyclic) bond motifs is 1. The van der Waals surface area contributed by atoms with Gasteiger partial charge >= 0.3 is 0 Å². The lowest BCUT2D eigenvalue weighted by molar-refractivity contribution is 0.0873. The molecule has 0 radical (unpaired) electrons. The van der Waals surface area contributed by atoms with Gasteiger partial charge in [-0.15, -0.1) is 11.3 Å². The average Bonchev–Trinajstić information content (AvgIpc) is 2.90. The Bertz CT molecular complexity index is 576. The molecule has 1 aliphatic rings. The first-order chi connectivity index (χ1) is 9.29. The van der Waals surface area contributed by atoms with Crippen molar-refractivity contribution in [2.24, 2.45) is 11.8 Å². The molecule has 0 aliphatic heterocycles. The Morgan fingerprint density at radius 3 is 2.68 bits per heavy atom. The molecule has 100 valence electrons. The fourth-order valence-corrected chi connectivity index (χ4v) is 4.17. The van der Waals surface area contributed by atoms with Crippen LogP contribution in [-0.4, -0.2) is 5.78 Å². The molecule has 0 unspecified atom stereocenters. The zero-order valence-electron chi connectivity index (χ0n) is 11.4. The van der Waals surface area contributed by atoms with E-state index >= 15 is 0 Å². The number of ketones is 1. The van der Waals surface area contributed by atoms with Gasteiger partial charge in [0, 0.05) is 26.9 Å². The molecule has 1 saturated carbocycles. The van der Waals surface area contributed by atoms with Crippen LogP contribution in [0.2, 0.25) is 0 Å². The van der Waals surface area contributed by atoms with E-state index in [4.69, 9.17) is 0 Å². The van der Waals surface area contributed by atoms with E-state index in [1.807, 2.05) is 12.1 Å². The summed E-state index contributed by atoms with van der Waals surface area (Å²) in [5, 5.41) is 3.20. The van der Waals surface area contributed by atoms with E-state index in [-0.39, 0.29) is 5.92 Å². The fraction of sp³-hybridized carbons (Fsp3) is 0.471. The molecule has 0 saturated heterocycles. The minimum atomic E-state index is 0.265. The summed E-state index contributed by atoms with van der Waals surface area (Å²) in [5.74, 6) is 1.50. The maximum absolute atomic E-state index is 12.7. The van der Waals surface area contributed by atoms with Crippen molar-refractivity contribution < 1.29 is 4.79 Å². The van der Waals surface area contributed by atoms with Crippen LogP contribution >= 0.6 is 11.3 Å². The summed E-state index contributed by atoms with van der Waals surface area (Å²) in [6.07, 6.45) is 5.90. The number of hydrogen-bond donors (Lipinski definition) is 0. The second-order valence-electron chi connectivity index (χ2n) is 5.64. The summed E-state index contributed by atoms with van der Waals surface area (Å²) in [5.41, 5.74) is 0.959. The molecule has 0 atom stereocenters.